The summed E-state index contributed by atoms with van der Waals surface area (Å²) in [5.74, 6) is -0.183. The molecule has 0 atom stereocenters. The maximum Gasteiger partial charge on any atom is 0.229 e. The van der Waals surface area contributed by atoms with Crippen LogP contribution in [0, 0.1) is 0 Å². The lowest BCUT2D eigenvalue weighted by atomic mass is 10.3. The van der Waals surface area contributed by atoms with Crippen LogP contribution in [-0.2, 0) is 28.6 Å². The molecule has 1 fully saturated rings. The number of amides is 3. The molecule has 1 aliphatic rings. The molecule has 3 amide bonds. The van der Waals surface area contributed by atoms with E-state index in [2.05, 4.69) is 0 Å². The van der Waals surface area contributed by atoms with Crippen molar-refractivity contribution in [3.8, 4) is 0 Å². The Morgan fingerprint density at radius 3 is 2.00 bits per heavy atom. The van der Waals surface area contributed by atoms with Crippen molar-refractivity contribution >= 4 is 17.7 Å². The van der Waals surface area contributed by atoms with E-state index >= 15 is 0 Å². The number of rotatable bonds is 14. The second kappa shape index (κ2) is 12.8. The number of nitrogens with zero attached hydrogens (tertiary/aromatic N) is 2. The quantitative estimate of drug-likeness (QED) is 0.331. The van der Waals surface area contributed by atoms with Gasteiger partial charge in [-0.2, -0.15) is 0 Å². The van der Waals surface area contributed by atoms with Crippen LogP contribution in [0.15, 0.2) is 0 Å². The molecule has 8 nitrogen and oxygen atoms in total. The van der Waals surface area contributed by atoms with Crippen LogP contribution in [0.1, 0.15) is 32.6 Å². The lowest BCUT2D eigenvalue weighted by molar-refractivity contribution is -0.139. The zero-order chi connectivity index (χ0) is 18.5. The molecule has 0 radical (unpaired) electrons. The zero-order valence-corrected chi connectivity index (χ0v) is 15.3. The first-order chi connectivity index (χ1) is 12.0. The van der Waals surface area contributed by atoms with Crippen molar-refractivity contribution in [2.75, 3.05) is 59.8 Å². The standard InChI is InChI=1S/C17H30N2O6/c1-15(20)18(2)7-11-23-9-3-4-10-24-13-14-25-12-8-19-16(21)5-6-17(19)22/h3-14H2,1-2H3. The number of likely N-dealkylation sites (tertiary alicyclic amines) is 1. The maximum absolute atomic E-state index is 11.4. The second-order valence-electron chi connectivity index (χ2n) is 5.92. The van der Waals surface area contributed by atoms with Crippen molar-refractivity contribution in [3.63, 3.8) is 0 Å². The smallest absolute Gasteiger partial charge is 0.229 e. The number of unbranched alkanes of at least 4 members (excludes halogenated alkanes) is 1. The van der Waals surface area contributed by atoms with E-state index in [1.54, 1.807) is 11.9 Å². The largest absolute Gasteiger partial charge is 0.380 e. The monoisotopic (exact) mass is 358 g/mol. The topological polar surface area (TPSA) is 85.4 Å². The molecule has 0 aromatic carbocycles. The average Bonchev–Trinajstić information content (AvgIpc) is 2.90. The number of carbonyl (C=O) groups is 3. The molecule has 0 aliphatic carbocycles. The highest BCUT2D eigenvalue weighted by Crippen LogP contribution is 2.10. The van der Waals surface area contributed by atoms with Crippen LogP contribution >= 0.6 is 0 Å². The summed E-state index contributed by atoms with van der Waals surface area (Å²) < 4.78 is 16.3. The van der Waals surface area contributed by atoms with Crippen LogP contribution in [0.3, 0.4) is 0 Å². The van der Waals surface area contributed by atoms with E-state index in [0.717, 1.165) is 12.8 Å². The summed E-state index contributed by atoms with van der Waals surface area (Å²) in [6.45, 7) is 5.61. The van der Waals surface area contributed by atoms with E-state index in [1.807, 2.05) is 0 Å². The molecule has 0 aromatic rings. The van der Waals surface area contributed by atoms with Crippen LogP contribution in [-0.4, -0.2) is 87.3 Å². The summed E-state index contributed by atoms with van der Waals surface area (Å²) in [7, 11) is 1.75. The number of imide groups is 1. The SMILES string of the molecule is CC(=O)N(C)CCOCCCCOCCOCCN1C(=O)CCC1=O. The van der Waals surface area contributed by atoms with Gasteiger partial charge in [0.1, 0.15) is 0 Å². The van der Waals surface area contributed by atoms with E-state index in [9.17, 15) is 14.4 Å². The van der Waals surface area contributed by atoms with Gasteiger partial charge in [-0.25, -0.2) is 0 Å². The Balaban J connectivity index is 1.79. The van der Waals surface area contributed by atoms with Gasteiger partial charge in [-0.05, 0) is 12.8 Å². The number of ether oxygens (including phenoxy) is 3. The Morgan fingerprint density at radius 1 is 0.920 bits per heavy atom. The predicted molar refractivity (Wildman–Crippen MR) is 91.0 cm³/mol. The number of carbonyl (C=O) groups excluding carboxylic acids is 3. The molecule has 144 valence electrons. The van der Waals surface area contributed by atoms with Crippen molar-refractivity contribution in [3.05, 3.63) is 0 Å². The van der Waals surface area contributed by atoms with Crippen LogP contribution < -0.4 is 0 Å². The van der Waals surface area contributed by atoms with Crippen LogP contribution in [0.25, 0.3) is 0 Å². The van der Waals surface area contributed by atoms with Crippen molar-refractivity contribution < 1.29 is 28.6 Å². The summed E-state index contributed by atoms with van der Waals surface area (Å²) in [4.78, 5) is 36.6. The molecular formula is C17H30N2O6. The van der Waals surface area contributed by atoms with Gasteiger partial charge in [0.05, 0.1) is 33.0 Å². The van der Waals surface area contributed by atoms with Crippen molar-refractivity contribution in [1.82, 2.24) is 9.80 Å². The van der Waals surface area contributed by atoms with E-state index in [1.165, 1.54) is 11.8 Å². The van der Waals surface area contributed by atoms with Gasteiger partial charge in [0.15, 0.2) is 0 Å². The predicted octanol–water partition coefficient (Wildman–Crippen LogP) is 0.444. The van der Waals surface area contributed by atoms with Gasteiger partial charge in [-0.3, -0.25) is 19.3 Å². The van der Waals surface area contributed by atoms with Crippen LogP contribution in [0.4, 0.5) is 0 Å². The molecule has 1 saturated heterocycles. The number of likely N-dealkylation sites (N-methyl/N-ethyl adjacent to an activating group) is 1. The third-order valence-corrected chi connectivity index (χ3v) is 3.92. The number of hydrogen-bond donors (Lipinski definition) is 0. The third-order valence-electron chi connectivity index (χ3n) is 3.92. The van der Waals surface area contributed by atoms with Gasteiger partial charge >= 0.3 is 0 Å². The Labute approximate surface area is 149 Å². The molecule has 0 unspecified atom stereocenters. The molecule has 25 heavy (non-hydrogen) atoms. The average molecular weight is 358 g/mol. The molecule has 8 heteroatoms. The highest BCUT2D eigenvalue weighted by molar-refractivity contribution is 6.01. The first-order valence-electron chi connectivity index (χ1n) is 8.80. The Bertz CT molecular complexity index is 413. The van der Waals surface area contributed by atoms with Gasteiger partial charge in [-0.15, -0.1) is 0 Å². The second-order valence-corrected chi connectivity index (χ2v) is 5.92. The molecule has 0 aromatic heterocycles. The molecule has 0 N–H and O–H groups in total. The summed E-state index contributed by atoms with van der Waals surface area (Å²) in [6.07, 6.45) is 2.45. The highest BCUT2D eigenvalue weighted by Gasteiger charge is 2.27. The van der Waals surface area contributed by atoms with Gasteiger partial charge < -0.3 is 19.1 Å². The zero-order valence-electron chi connectivity index (χ0n) is 15.3. The normalized spacial score (nSPS) is 14.4. The molecular weight excluding hydrogens is 328 g/mol. The van der Waals surface area contributed by atoms with Crippen LogP contribution in [0.2, 0.25) is 0 Å². The molecule has 1 heterocycles. The lowest BCUT2D eigenvalue weighted by Gasteiger charge is -2.14. The van der Waals surface area contributed by atoms with Crippen molar-refractivity contribution in [2.45, 2.75) is 32.6 Å². The molecule has 0 saturated carbocycles. The summed E-state index contributed by atoms with van der Waals surface area (Å²) in [6, 6.07) is 0. The minimum Gasteiger partial charge on any atom is -0.380 e. The minimum atomic E-state index is -0.111. The van der Waals surface area contributed by atoms with Crippen molar-refractivity contribution in [2.24, 2.45) is 0 Å². The van der Waals surface area contributed by atoms with E-state index in [0.29, 0.717) is 65.6 Å². The summed E-state index contributed by atoms with van der Waals surface area (Å²) >= 11 is 0. The lowest BCUT2D eigenvalue weighted by Crippen LogP contribution is -2.32. The molecule has 1 aliphatic heterocycles. The van der Waals surface area contributed by atoms with E-state index in [4.69, 9.17) is 14.2 Å². The molecule has 0 spiro atoms. The summed E-state index contributed by atoms with van der Waals surface area (Å²) in [5, 5.41) is 0. The molecule has 0 bridgehead atoms. The summed E-state index contributed by atoms with van der Waals surface area (Å²) in [5.41, 5.74) is 0. The first kappa shape index (κ1) is 21.5. The van der Waals surface area contributed by atoms with Gasteiger partial charge in [0, 0.05) is 46.6 Å². The Kier molecular flexibility index (Phi) is 11.0. The van der Waals surface area contributed by atoms with E-state index in [-0.39, 0.29) is 17.7 Å². The fraction of sp³-hybridized carbons (Fsp3) is 0.824. The fourth-order valence-corrected chi connectivity index (χ4v) is 2.22. The minimum absolute atomic E-state index is 0.0397. The fourth-order valence-electron chi connectivity index (χ4n) is 2.22. The Hall–Kier alpha value is -1.51. The first-order valence-corrected chi connectivity index (χ1v) is 8.80. The van der Waals surface area contributed by atoms with Crippen LogP contribution in [0.5, 0.6) is 0 Å². The third kappa shape index (κ3) is 9.52. The van der Waals surface area contributed by atoms with Gasteiger partial charge in [0.25, 0.3) is 0 Å². The van der Waals surface area contributed by atoms with Crippen molar-refractivity contribution in [1.29, 1.82) is 0 Å². The number of hydrogen-bond acceptors (Lipinski definition) is 6. The maximum atomic E-state index is 11.4. The highest BCUT2D eigenvalue weighted by atomic mass is 16.5. The Morgan fingerprint density at radius 2 is 1.44 bits per heavy atom. The van der Waals surface area contributed by atoms with Gasteiger partial charge in [0.2, 0.25) is 17.7 Å². The van der Waals surface area contributed by atoms with E-state index < -0.39 is 0 Å². The van der Waals surface area contributed by atoms with Gasteiger partial charge in [-0.1, -0.05) is 0 Å². The molecule has 1 rings (SSSR count).